The zero-order chi connectivity index (χ0) is 18.5. The molecule has 1 aliphatic heterocycles. The van der Waals surface area contributed by atoms with Crippen molar-refractivity contribution in [3.8, 4) is 10.4 Å². The third-order valence-corrected chi connectivity index (χ3v) is 6.25. The molecule has 0 amide bonds. The minimum atomic E-state index is -0.806. The Hall–Kier alpha value is -2.07. The van der Waals surface area contributed by atoms with Crippen LogP contribution in [0, 0.1) is 0 Å². The molecule has 1 aromatic heterocycles. The van der Waals surface area contributed by atoms with Crippen LogP contribution in [-0.2, 0) is 0 Å². The molecule has 0 radical (unpaired) electrons. The van der Waals surface area contributed by atoms with Gasteiger partial charge in [0.2, 0.25) is 0 Å². The largest absolute Gasteiger partial charge is 0.477 e. The van der Waals surface area contributed by atoms with E-state index in [9.17, 15) is 9.90 Å². The van der Waals surface area contributed by atoms with E-state index in [0.717, 1.165) is 35.4 Å². The molecule has 2 heterocycles. The molecule has 1 aromatic carbocycles. The summed E-state index contributed by atoms with van der Waals surface area (Å²) in [5, 5.41) is 9.79. The Kier molecular flexibility index (Phi) is 6.15. The summed E-state index contributed by atoms with van der Waals surface area (Å²) in [5.74, 6) is -0.582. The number of carboxylic acids is 1. The second kappa shape index (κ2) is 8.54. The number of thiophene rings is 1. The number of unbranched alkanes of at least 4 members (excludes halogenated alkanes) is 2. The highest BCUT2D eigenvalue weighted by Gasteiger charge is 2.28. The number of aromatic carboxylic acids is 1. The van der Waals surface area contributed by atoms with E-state index in [1.807, 2.05) is 30.3 Å². The average molecular weight is 370 g/mol. The smallest absolute Gasteiger partial charge is 0.346 e. The number of hydrogen-bond donors (Lipinski definition) is 1. The van der Waals surface area contributed by atoms with Gasteiger partial charge >= 0.3 is 5.97 Å². The van der Waals surface area contributed by atoms with Crippen LogP contribution in [0.4, 0.5) is 0 Å². The lowest BCUT2D eigenvalue weighted by Crippen LogP contribution is -2.23. The molecule has 2 aromatic rings. The summed E-state index contributed by atoms with van der Waals surface area (Å²) >= 11 is 1.41. The molecular weight excluding hydrogens is 342 g/mol. The molecule has 0 bridgehead atoms. The van der Waals surface area contributed by atoms with Gasteiger partial charge in [-0.1, -0.05) is 50.1 Å². The molecule has 0 fully saturated rings. The number of carbonyl (C=O) groups is 1. The van der Waals surface area contributed by atoms with E-state index >= 15 is 0 Å². The van der Waals surface area contributed by atoms with Crippen LogP contribution < -0.4 is 0 Å². The normalized spacial score (nSPS) is 17.2. The maximum atomic E-state index is 11.9. The monoisotopic (exact) mass is 369 g/mol. The van der Waals surface area contributed by atoms with Gasteiger partial charge in [-0.3, -0.25) is 0 Å². The van der Waals surface area contributed by atoms with Crippen LogP contribution in [0.25, 0.3) is 10.4 Å². The van der Waals surface area contributed by atoms with Gasteiger partial charge in [-0.05, 0) is 48.2 Å². The van der Waals surface area contributed by atoms with Crippen molar-refractivity contribution in [2.45, 2.75) is 44.9 Å². The average Bonchev–Trinajstić information content (AvgIpc) is 3.08. The van der Waals surface area contributed by atoms with Crippen LogP contribution >= 0.6 is 11.3 Å². The van der Waals surface area contributed by atoms with Crippen molar-refractivity contribution in [1.82, 2.24) is 4.90 Å². The number of rotatable bonds is 7. The molecule has 1 atom stereocenters. The lowest BCUT2D eigenvalue weighted by molar-refractivity contribution is 0.0700. The lowest BCUT2D eigenvalue weighted by Gasteiger charge is -2.30. The lowest BCUT2D eigenvalue weighted by atomic mass is 9.83. The van der Waals surface area contributed by atoms with Crippen molar-refractivity contribution in [3.05, 3.63) is 58.6 Å². The van der Waals surface area contributed by atoms with E-state index in [-0.39, 0.29) is 5.92 Å². The first-order chi connectivity index (χ1) is 12.6. The van der Waals surface area contributed by atoms with Crippen molar-refractivity contribution in [3.63, 3.8) is 0 Å². The van der Waals surface area contributed by atoms with Crippen LogP contribution in [0.1, 0.15) is 60.2 Å². The first-order valence-electron chi connectivity index (χ1n) is 9.43. The fourth-order valence-corrected chi connectivity index (χ4v) is 4.77. The van der Waals surface area contributed by atoms with Crippen molar-refractivity contribution >= 4 is 17.3 Å². The maximum Gasteiger partial charge on any atom is 0.346 e. The molecular formula is C22H27NO2S. The molecule has 138 valence electrons. The molecule has 3 rings (SSSR count). The molecule has 0 aliphatic carbocycles. The summed E-state index contributed by atoms with van der Waals surface area (Å²) in [7, 11) is 2.11. The van der Waals surface area contributed by atoms with Gasteiger partial charge in [0.05, 0.1) is 0 Å². The summed E-state index contributed by atoms with van der Waals surface area (Å²) in [6.07, 6.45) is 7.88. The molecule has 0 saturated carbocycles. The first-order valence-corrected chi connectivity index (χ1v) is 10.2. The SMILES string of the molecule is CCCCCC1=CN(C)CCC1c1cc(-c2ccccc2)sc1C(=O)O. The first kappa shape index (κ1) is 18.7. The summed E-state index contributed by atoms with van der Waals surface area (Å²) in [6.45, 7) is 3.18. The Morgan fingerprint density at radius 3 is 2.73 bits per heavy atom. The summed E-state index contributed by atoms with van der Waals surface area (Å²) in [4.78, 5) is 15.7. The highest BCUT2D eigenvalue weighted by atomic mass is 32.1. The molecule has 3 nitrogen and oxygen atoms in total. The predicted molar refractivity (Wildman–Crippen MR) is 109 cm³/mol. The second-order valence-corrected chi connectivity index (χ2v) is 8.10. The summed E-state index contributed by atoms with van der Waals surface area (Å²) < 4.78 is 0. The van der Waals surface area contributed by atoms with E-state index in [2.05, 4.69) is 31.1 Å². The zero-order valence-electron chi connectivity index (χ0n) is 15.6. The van der Waals surface area contributed by atoms with Crippen molar-refractivity contribution in [1.29, 1.82) is 0 Å². The van der Waals surface area contributed by atoms with Gasteiger partial charge < -0.3 is 10.0 Å². The number of benzene rings is 1. The number of carboxylic acid groups (broad SMARTS) is 1. The topological polar surface area (TPSA) is 40.5 Å². The third kappa shape index (κ3) is 4.18. The highest BCUT2D eigenvalue weighted by molar-refractivity contribution is 7.17. The van der Waals surface area contributed by atoms with Gasteiger partial charge in [-0.25, -0.2) is 4.79 Å². The molecule has 1 N–H and O–H groups in total. The van der Waals surface area contributed by atoms with E-state index in [4.69, 9.17) is 0 Å². The van der Waals surface area contributed by atoms with Gasteiger partial charge in [-0.2, -0.15) is 0 Å². The fourth-order valence-electron chi connectivity index (χ4n) is 3.70. The van der Waals surface area contributed by atoms with Crippen LogP contribution in [0.3, 0.4) is 0 Å². The highest BCUT2D eigenvalue weighted by Crippen LogP contribution is 2.42. The van der Waals surface area contributed by atoms with Crippen LogP contribution in [0.15, 0.2) is 48.2 Å². The third-order valence-electron chi connectivity index (χ3n) is 5.06. The Morgan fingerprint density at radius 2 is 2.04 bits per heavy atom. The summed E-state index contributed by atoms with van der Waals surface area (Å²) in [5.41, 5.74) is 3.47. The second-order valence-electron chi connectivity index (χ2n) is 7.05. The van der Waals surface area contributed by atoms with Crippen LogP contribution in [0.2, 0.25) is 0 Å². The van der Waals surface area contributed by atoms with E-state index in [1.54, 1.807) is 0 Å². The van der Waals surface area contributed by atoms with Gasteiger partial charge in [-0.15, -0.1) is 11.3 Å². The van der Waals surface area contributed by atoms with Gasteiger partial charge in [0.1, 0.15) is 4.88 Å². The van der Waals surface area contributed by atoms with E-state index in [1.165, 1.54) is 36.2 Å². The molecule has 0 saturated heterocycles. The molecule has 26 heavy (non-hydrogen) atoms. The number of nitrogens with zero attached hydrogens (tertiary/aromatic N) is 1. The number of hydrogen-bond acceptors (Lipinski definition) is 3. The molecule has 1 aliphatic rings. The molecule has 4 heteroatoms. The standard InChI is InChI=1S/C22H27NO2S/c1-3-4-6-11-17-15-23(2)13-12-18(17)19-14-20(26-21(19)22(24)25)16-9-7-5-8-10-16/h5,7-10,14-15,18H,3-4,6,11-13H2,1-2H3,(H,24,25). The van der Waals surface area contributed by atoms with Gasteiger partial charge in [0, 0.05) is 24.4 Å². The van der Waals surface area contributed by atoms with Crippen LogP contribution in [0.5, 0.6) is 0 Å². The Morgan fingerprint density at radius 1 is 1.27 bits per heavy atom. The van der Waals surface area contributed by atoms with Crippen LogP contribution in [-0.4, -0.2) is 29.6 Å². The predicted octanol–water partition coefficient (Wildman–Crippen LogP) is 6.00. The fraction of sp³-hybridized carbons (Fsp3) is 0.409. The van der Waals surface area contributed by atoms with Gasteiger partial charge in [0.25, 0.3) is 0 Å². The Labute approximate surface area is 160 Å². The minimum absolute atomic E-state index is 0.225. The van der Waals surface area contributed by atoms with Crippen molar-refractivity contribution < 1.29 is 9.90 Å². The van der Waals surface area contributed by atoms with Gasteiger partial charge in [0.15, 0.2) is 0 Å². The zero-order valence-corrected chi connectivity index (χ0v) is 16.4. The van der Waals surface area contributed by atoms with E-state index < -0.39 is 5.97 Å². The van der Waals surface area contributed by atoms with E-state index in [0.29, 0.717) is 4.88 Å². The molecule has 1 unspecified atom stereocenters. The Balaban J connectivity index is 1.96. The quantitative estimate of drug-likeness (QED) is 0.609. The molecule has 0 spiro atoms. The number of allylic oxidation sites excluding steroid dienone is 1. The maximum absolute atomic E-state index is 11.9. The Bertz CT molecular complexity index is 779. The summed E-state index contributed by atoms with van der Waals surface area (Å²) in [6, 6.07) is 12.2. The minimum Gasteiger partial charge on any atom is -0.477 e. The van der Waals surface area contributed by atoms with Crippen molar-refractivity contribution in [2.24, 2.45) is 0 Å². The van der Waals surface area contributed by atoms with Crippen molar-refractivity contribution in [2.75, 3.05) is 13.6 Å².